The molecule has 2 heterocycles. The van der Waals surface area contributed by atoms with E-state index in [4.69, 9.17) is 46.4 Å². The highest BCUT2D eigenvalue weighted by Gasteiger charge is 3.00. The Morgan fingerprint density at radius 2 is 0.682 bits per heavy atom. The maximum atomic E-state index is 11.3. The number of ether oxygens (including phenoxy) is 6. The molecule has 0 spiro atoms. The van der Waals surface area contributed by atoms with Crippen LogP contribution in [-0.2, 0) is 28.4 Å². The summed E-state index contributed by atoms with van der Waals surface area (Å²) >= 11 is 23.7. The van der Waals surface area contributed by atoms with Crippen LogP contribution in [0, 0.1) is 0 Å². The van der Waals surface area contributed by atoms with Crippen LogP contribution < -0.4 is 0 Å². The molecule has 1 saturated carbocycles. The summed E-state index contributed by atoms with van der Waals surface area (Å²) in [7, 11) is 0. The first-order valence-corrected chi connectivity index (χ1v) is 6.53. The third-order valence-corrected chi connectivity index (χ3v) is 5.71. The molecule has 0 aromatic carbocycles. The van der Waals surface area contributed by atoms with Crippen LogP contribution in [0.1, 0.15) is 0 Å². The second kappa shape index (κ2) is 4.13. The van der Waals surface area contributed by atoms with E-state index in [9.17, 15) is 19.2 Å². The van der Waals surface area contributed by atoms with E-state index in [1.807, 2.05) is 0 Å². The Balaban J connectivity index is 2.19. The van der Waals surface area contributed by atoms with E-state index in [1.165, 1.54) is 0 Å². The molecule has 3 rings (SSSR count). The number of fused-ring (bicyclic) bond motifs is 4. The predicted molar refractivity (Wildman–Crippen MR) is 62.4 cm³/mol. The first kappa shape index (κ1) is 15.5. The minimum absolute atomic E-state index is 1.69. The molecule has 0 unspecified atom stereocenters. The highest BCUT2D eigenvalue weighted by molar-refractivity contribution is 6.51. The molecule has 0 aromatic heterocycles. The maximum absolute atomic E-state index is 11.3. The average Bonchev–Trinajstić information content (AvgIpc) is 2.48. The minimum atomic E-state index is -2.81. The molecule has 2 aliphatic heterocycles. The fourth-order valence-electron chi connectivity index (χ4n) is 1.97. The lowest BCUT2D eigenvalue weighted by Gasteiger charge is -2.62. The van der Waals surface area contributed by atoms with Crippen molar-refractivity contribution in [3.63, 3.8) is 0 Å². The van der Waals surface area contributed by atoms with E-state index in [2.05, 4.69) is 28.4 Å². The second-order valence-electron chi connectivity index (χ2n) is 3.99. The largest absolute Gasteiger partial charge is 0.520 e. The Kier molecular flexibility index (Phi) is 2.92. The van der Waals surface area contributed by atoms with Crippen LogP contribution in [0.3, 0.4) is 0 Å². The summed E-state index contributed by atoms with van der Waals surface area (Å²) in [6, 6.07) is 0. The van der Waals surface area contributed by atoms with Gasteiger partial charge in [-0.15, -0.1) is 0 Å². The zero-order valence-electron chi connectivity index (χ0n) is 9.59. The molecule has 0 amide bonds. The summed E-state index contributed by atoms with van der Waals surface area (Å²) in [5.41, 5.74) is 0. The van der Waals surface area contributed by atoms with Crippen molar-refractivity contribution in [2.75, 3.05) is 0 Å². The summed E-state index contributed by atoms with van der Waals surface area (Å²) in [5, 5.41) is -11.2. The molecule has 22 heavy (non-hydrogen) atoms. The van der Waals surface area contributed by atoms with Crippen LogP contribution in [0.2, 0.25) is 0 Å². The fourth-order valence-corrected chi connectivity index (χ4v) is 3.79. The molecule has 0 bridgehead atoms. The van der Waals surface area contributed by atoms with Gasteiger partial charge in [0.2, 0.25) is 0 Å². The summed E-state index contributed by atoms with van der Waals surface area (Å²) in [6.07, 6.45) is -6.75. The van der Waals surface area contributed by atoms with Gasteiger partial charge in [-0.2, -0.15) is 0 Å². The zero-order valence-corrected chi connectivity index (χ0v) is 12.6. The van der Waals surface area contributed by atoms with E-state index in [1.54, 1.807) is 0 Å². The Morgan fingerprint density at radius 1 is 0.500 bits per heavy atom. The van der Waals surface area contributed by atoms with Gasteiger partial charge in [0.1, 0.15) is 0 Å². The van der Waals surface area contributed by atoms with Crippen LogP contribution >= 0.6 is 46.4 Å². The number of rotatable bonds is 0. The molecule has 0 atom stereocenters. The van der Waals surface area contributed by atoms with Crippen molar-refractivity contribution < 1.29 is 47.6 Å². The molecule has 10 nitrogen and oxygen atoms in total. The van der Waals surface area contributed by atoms with Gasteiger partial charge in [0.05, 0.1) is 0 Å². The van der Waals surface area contributed by atoms with Gasteiger partial charge in [0.25, 0.3) is 0 Å². The monoisotopic (exact) mass is 396 g/mol. The molecule has 3 fully saturated rings. The van der Waals surface area contributed by atoms with Crippen LogP contribution in [0.4, 0.5) is 19.2 Å². The van der Waals surface area contributed by atoms with Gasteiger partial charge in [-0.25, -0.2) is 19.2 Å². The Bertz CT molecular complexity index is 516. The quantitative estimate of drug-likeness (QED) is 0.260. The summed E-state index contributed by atoms with van der Waals surface area (Å²) in [4.78, 5) is 45.3. The standard InChI is InChI=1S/C8Cl4O10/c9-5-6(10,20-2(14)17-1(13)19-5)8(12)7(5,11)21-3(15)18-4(16)22-8. The van der Waals surface area contributed by atoms with Crippen molar-refractivity contribution in [1.29, 1.82) is 0 Å². The normalized spacial score (nSPS) is 46.7. The topological polar surface area (TPSA) is 124 Å². The van der Waals surface area contributed by atoms with Gasteiger partial charge in [0, 0.05) is 0 Å². The molecule has 3 aliphatic rings. The number of hydrogen-bond acceptors (Lipinski definition) is 10. The number of carbonyl (C=O) groups is 4. The molecular formula is C8Cl4O10. The van der Waals surface area contributed by atoms with Gasteiger partial charge >= 0.3 is 44.9 Å². The summed E-state index contributed by atoms with van der Waals surface area (Å²) in [6.45, 7) is 0. The number of cyclic esters (lactones) is 4. The lowest BCUT2D eigenvalue weighted by atomic mass is 9.80. The lowest BCUT2D eigenvalue weighted by molar-refractivity contribution is -0.292. The molecule has 1 aliphatic carbocycles. The fraction of sp³-hybridized carbons (Fsp3) is 0.500. The molecule has 2 saturated heterocycles. The van der Waals surface area contributed by atoms with Gasteiger partial charge in [0.15, 0.2) is 0 Å². The second-order valence-corrected chi connectivity index (χ2v) is 6.12. The number of carbonyl (C=O) groups excluding carboxylic acids is 4. The van der Waals surface area contributed by atoms with Crippen molar-refractivity contribution in [2.24, 2.45) is 0 Å². The first-order valence-electron chi connectivity index (χ1n) is 5.02. The van der Waals surface area contributed by atoms with Crippen LogP contribution in [0.25, 0.3) is 0 Å². The molecule has 0 N–H and O–H groups in total. The molecule has 0 aromatic rings. The van der Waals surface area contributed by atoms with Crippen molar-refractivity contribution in [2.45, 2.75) is 20.2 Å². The Hall–Kier alpha value is -1.36. The first-order chi connectivity index (χ1) is 9.99. The summed E-state index contributed by atoms with van der Waals surface area (Å²) < 4.78 is 26.1. The minimum Gasteiger partial charge on any atom is -0.399 e. The highest BCUT2D eigenvalue weighted by Crippen LogP contribution is 2.73. The molecular weight excluding hydrogens is 398 g/mol. The van der Waals surface area contributed by atoms with Crippen molar-refractivity contribution in [1.82, 2.24) is 0 Å². The summed E-state index contributed by atoms with van der Waals surface area (Å²) in [5.74, 6) is 0. The van der Waals surface area contributed by atoms with Crippen molar-refractivity contribution >= 4 is 71.0 Å². The SMILES string of the molecule is O=C1OC(=O)OC2(Cl)C(Cl)(O1)C1(Cl)OC(=O)OC(=O)OC21Cl. The van der Waals surface area contributed by atoms with Crippen LogP contribution in [0.15, 0.2) is 0 Å². The Morgan fingerprint density at radius 3 is 0.864 bits per heavy atom. The zero-order chi connectivity index (χ0) is 16.6. The van der Waals surface area contributed by atoms with E-state index < -0.39 is 44.9 Å². The van der Waals surface area contributed by atoms with E-state index in [-0.39, 0.29) is 0 Å². The Labute approximate surface area is 139 Å². The van der Waals surface area contributed by atoms with E-state index in [0.29, 0.717) is 0 Å². The number of alkyl halides is 4. The van der Waals surface area contributed by atoms with E-state index in [0.717, 1.165) is 0 Å². The van der Waals surface area contributed by atoms with Gasteiger partial charge in [-0.1, -0.05) is 46.4 Å². The van der Waals surface area contributed by atoms with Crippen LogP contribution in [-0.4, -0.2) is 44.9 Å². The molecule has 14 heteroatoms. The lowest BCUT2D eigenvalue weighted by Crippen LogP contribution is -2.89. The van der Waals surface area contributed by atoms with Crippen molar-refractivity contribution in [3.05, 3.63) is 0 Å². The maximum Gasteiger partial charge on any atom is 0.520 e. The molecule has 120 valence electrons. The third-order valence-electron chi connectivity index (χ3n) is 2.88. The predicted octanol–water partition coefficient (Wildman–Crippen LogP) is 2.35. The van der Waals surface area contributed by atoms with Crippen molar-refractivity contribution in [3.8, 4) is 0 Å². The smallest absolute Gasteiger partial charge is 0.399 e. The highest BCUT2D eigenvalue weighted by atomic mass is 35.5. The average molecular weight is 398 g/mol. The van der Waals surface area contributed by atoms with Crippen LogP contribution in [0.5, 0.6) is 0 Å². The number of halogens is 4. The molecule has 0 radical (unpaired) electrons. The van der Waals surface area contributed by atoms with Gasteiger partial charge in [-0.05, 0) is 0 Å². The van der Waals surface area contributed by atoms with E-state index >= 15 is 0 Å². The third kappa shape index (κ3) is 1.48. The van der Waals surface area contributed by atoms with Gasteiger partial charge < -0.3 is 28.4 Å². The number of hydrogen-bond donors (Lipinski definition) is 0. The van der Waals surface area contributed by atoms with Gasteiger partial charge in [-0.3, -0.25) is 0 Å².